The van der Waals surface area contributed by atoms with Gasteiger partial charge in [-0.1, -0.05) is 54.1 Å². The van der Waals surface area contributed by atoms with Gasteiger partial charge in [0, 0.05) is 10.6 Å². The van der Waals surface area contributed by atoms with Crippen LogP contribution in [0, 0.1) is 7.14 Å². The van der Waals surface area contributed by atoms with Gasteiger partial charge < -0.3 is 9.47 Å². The van der Waals surface area contributed by atoms with Gasteiger partial charge in [0.25, 0.3) is 5.91 Å². The van der Waals surface area contributed by atoms with E-state index in [1.165, 1.54) is 0 Å². The summed E-state index contributed by atoms with van der Waals surface area (Å²) < 4.78 is 13.3. The van der Waals surface area contributed by atoms with Crippen LogP contribution in [0.5, 0.6) is 11.5 Å². The number of fused-ring (bicyclic) bond motifs is 1. The number of hydrazone groups is 1. The lowest BCUT2D eigenvalue weighted by molar-refractivity contribution is 0.0952. The van der Waals surface area contributed by atoms with E-state index in [4.69, 9.17) is 21.1 Å². The highest BCUT2D eigenvalue weighted by molar-refractivity contribution is 14.1. The van der Waals surface area contributed by atoms with Gasteiger partial charge in [-0.05, 0) is 91.8 Å². The molecule has 0 atom stereocenters. The van der Waals surface area contributed by atoms with Crippen molar-refractivity contribution in [1.29, 1.82) is 0 Å². The summed E-state index contributed by atoms with van der Waals surface area (Å²) in [6.07, 6.45) is 1.60. The fourth-order valence-corrected chi connectivity index (χ4v) is 5.67. The van der Waals surface area contributed by atoms with Crippen molar-refractivity contribution in [1.82, 2.24) is 5.43 Å². The van der Waals surface area contributed by atoms with Crippen LogP contribution >= 0.6 is 56.8 Å². The van der Waals surface area contributed by atoms with Crippen LogP contribution < -0.4 is 14.9 Å². The number of carbonyl (C=O) groups is 1. The van der Waals surface area contributed by atoms with E-state index in [1.54, 1.807) is 19.4 Å². The van der Waals surface area contributed by atoms with Crippen molar-refractivity contribution in [3.05, 3.63) is 102 Å². The third kappa shape index (κ3) is 5.81. The van der Waals surface area contributed by atoms with E-state index >= 15 is 0 Å². The van der Waals surface area contributed by atoms with Crippen molar-refractivity contribution in [2.24, 2.45) is 5.10 Å². The van der Waals surface area contributed by atoms with Gasteiger partial charge >= 0.3 is 0 Å². The third-order valence-electron chi connectivity index (χ3n) is 5.04. The second-order valence-corrected chi connectivity index (χ2v) is 10.0. The molecular formula is C26H19ClI2N2O3. The van der Waals surface area contributed by atoms with Gasteiger partial charge in [-0.25, -0.2) is 5.43 Å². The molecule has 4 aromatic rings. The average Bonchev–Trinajstić information content (AvgIpc) is 2.83. The van der Waals surface area contributed by atoms with Crippen molar-refractivity contribution >= 4 is 79.7 Å². The molecule has 0 spiro atoms. The molecule has 0 unspecified atom stereocenters. The van der Waals surface area contributed by atoms with Crippen LogP contribution in [0.4, 0.5) is 0 Å². The first kappa shape index (κ1) is 24.7. The molecule has 0 aliphatic heterocycles. The molecule has 0 aromatic heterocycles. The van der Waals surface area contributed by atoms with Crippen molar-refractivity contribution in [2.45, 2.75) is 6.61 Å². The zero-order valence-corrected chi connectivity index (χ0v) is 23.1. The summed E-state index contributed by atoms with van der Waals surface area (Å²) in [5.41, 5.74) is 4.78. The molecule has 34 heavy (non-hydrogen) atoms. The molecule has 4 rings (SSSR count). The molecule has 0 heterocycles. The average molecular weight is 697 g/mol. The number of nitrogens with one attached hydrogen (secondary N) is 1. The number of carbonyl (C=O) groups excluding carboxylic acids is 1. The minimum atomic E-state index is -0.344. The molecule has 4 aromatic carbocycles. The Hall–Kier alpha value is -2.37. The third-order valence-corrected chi connectivity index (χ3v) is 7.01. The number of nitrogens with zero attached hydrogens (tertiary/aromatic N) is 1. The fraction of sp³-hybridized carbons (Fsp3) is 0.0769. The van der Waals surface area contributed by atoms with E-state index in [1.807, 2.05) is 66.7 Å². The minimum absolute atomic E-state index is 0.344. The second-order valence-electron chi connectivity index (χ2n) is 7.29. The highest BCUT2D eigenvalue weighted by atomic mass is 127. The maximum Gasteiger partial charge on any atom is 0.275 e. The first-order valence-corrected chi connectivity index (χ1v) is 12.7. The Balaban J connectivity index is 1.46. The lowest BCUT2D eigenvalue weighted by Gasteiger charge is -2.12. The lowest BCUT2D eigenvalue weighted by atomic mass is 10.1. The number of methoxy groups -OCH3 is 1. The summed E-state index contributed by atoms with van der Waals surface area (Å²) in [6.45, 7) is 0.378. The predicted octanol–water partition coefficient (Wildman–Crippen LogP) is 7.05. The smallest absolute Gasteiger partial charge is 0.275 e. The van der Waals surface area contributed by atoms with E-state index in [0.29, 0.717) is 22.9 Å². The Kier molecular flexibility index (Phi) is 8.28. The zero-order valence-electron chi connectivity index (χ0n) is 18.0. The quantitative estimate of drug-likeness (QED) is 0.128. The summed E-state index contributed by atoms with van der Waals surface area (Å²) in [7, 11) is 1.55. The molecule has 1 amide bonds. The second kappa shape index (κ2) is 11.4. The van der Waals surface area contributed by atoms with Crippen LogP contribution in [-0.4, -0.2) is 19.2 Å². The molecule has 1 N–H and O–H groups in total. The number of hydrogen-bond acceptors (Lipinski definition) is 4. The number of hydrogen-bond donors (Lipinski definition) is 1. The van der Waals surface area contributed by atoms with Crippen LogP contribution in [0.1, 0.15) is 21.5 Å². The number of benzene rings is 4. The van der Waals surface area contributed by atoms with Crippen LogP contribution in [0.15, 0.2) is 77.9 Å². The zero-order chi connectivity index (χ0) is 24.1. The molecule has 0 fully saturated rings. The number of amides is 1. The molecule has 5 nitrogen and oxygen atoms in total. The van der Waals surface area contributed by atoms with E-state index in [0.717, 1.165) is 34.8 Å². The number of halogens is 3. The topological polar surface area (TPSA) is 59.9 Å². The first-order chi connectivity index (χ1) is 16.5. The SMILES string of the molecule is COc1cc2ccccc2cc1C(=O)N/N=C\c1cc(I)c(OCc2ccccc2Cl)c(I)c1. The molecule has 8 heteroatoms. The van der Waals surface area contributed by atoms with Crippen molar-refractivity contribution < 1.29 is 14.3 Å². The summed E-state index contributed by atoms with van der Waals surface area (Å²) in [6, 6.07) is 22.9. The summed E-state index contributed by atoms with van der Waals surface area (Å²) in [4.78, 5) is 12.8. The Labute approximate surface area is 229 Å². The molecule has 0 aliphatic rings. The Bertz CT molecular complexity index is 1370. The molecular weight excluding hydrogens is 678 g/mol. The van der Waals surface area contributed by atoms with Gasteiger partial charge in [0.15, 0.2) is 0 Å². The van der Waals surface area contributed by atoms with Gasteiger partial charge in [0.1, 0.15) is 18.1 Å². The summed E-state index contributed by atoms with van der Waals surface area (Å²) in [5, 5.41) is 6.77. The lowest BCUT2D eigenvalue weighted by Crippen LogP contribution is -2.18. The fourth-order valence-electron chi connectivity index (χ4n) is 3.35. The number of ether oxygens (including phenoxy) is 2. The predicted molar refractivity (Wildman–Crippen MR) is 153 cm³/mol. The van der Waals surface area contributed by atoms with Gasteiger partial charge in [-0.3, -0.25) is 4.79 Å². The molecule has 0 saturated heterocycles. The Morgan fingerprint density at radius 2 is 1.65 bits per heavy atom. The minimum Gasteiger partial charge on any atom is -0.496 e. The highest BCUT2D eigenvalue weighted by Crippen LogP contribution is 2.30. The number of rotatable bonds is 7. The van der Waals surface area contributed by atoms with E-state index in [-0.39, 0.29) is 5.91 Å². The van der Waals surface area contributed by atoms with Gasteiger partial charge in [-0.2, -0.15) is 5.10 Å². The van der Waals surface area contributed by atoms with E-state index in [2.05, 4.69) is 55.7 Å². The first-order valence-electron chi connectivity index (χ1n) is 10.2. The monoisotopic (exact) mass is 696 g/mol. The standard InChI is InChI=1S/C26H19ClI2N2O3/c1-33-24-13-18-7-3-2-6-17(18)12-20(24)26(32)31-30-14-16-10-22(28)25(23(29)11-16)34-15-19-8-4-5-9-21(19)27/h2-14H,15H2,1H3,(H,31,32)/b30-14-. The van der Waals surface area contributed by atoms with Crippen molar-refractivity contribution in [2.75, 3.05) is 7.11 Å². The van der Waals surface area contributed by atoms with Crippen molar-refractivity contribution in [3.8, 4) is 11.5 Å². The van der Waals surface area contributed by atoms with Crippen molar-refractivity contribution in [3.63, 3.8) is 0 Å². The molecule has 0 bridgehead atoms. The molecule has 0 saturated carbocycles. The molecule has 0 aliphatic carbocycles. The van der Waals surface area contributed by atoms with Crippen LogP contribution in [-0.2, 0) is 6.61 Å². The molecule has 0 radical (unpaired) electrons. The summed E-state index contributed by atoms with van der Waals surface area (Å²) >= 11 is 10.7. The maximum atomic E-state index is 12.8. The molecule has 172 valence electrons. The van der Waals surface area contributed by atoms with Crippen LogP contribution in [0.25, 0.3) is 10.8 Å². The van der Waals surface area contributed by atoms with E-state index in [9.17, 15) is 4.79 Å². The van der Waals surface area contributed by atoms with Gasteiger partial charge in [0.2, 0.25) is 0 Å². The van der Waals surface area contributed by atoms with Gasteiger partial charge in [0.05, 0.1) is 26.0 Å². The summed E-state index contributed by atoms with van der Waals surface area (Å²) in [5.74, 6) is 0.932. The highest BCUT2D eigenvalue weighted by Gasteiger charge is 2.14. The normalized spacial score (nSPS) is 11.1. The largest absolute Gasteiger partial charge is 0.496 e. The Morgan fingerprint density at radius 1 is 1.00 bits per heavy atom. The Morgan fingerprint density at radius 3 is 2.32 bits per heavy atom. The van der Waals surface area contributed by atoms with Gasteiger partial charge in [-0.15, -0.1) is 0 Å². The van der Waals surface area contributed by atoms with Crippen LogP contribution in [0.3, 0.4) is 0 Å². The maximum absolute atomic E-state index is 12.8. The van der Waals surface area contributed by atoms with E-state index < -0.39 is 0 Å². The van der Waals surface area contributed by atoms with Crippen LogP contribution in [0.2, 0.25) is 5.02 Å².